The Bertz CT molecular complexity index is 749. The lowest BCUT2D eigenvalue weighted by molar-refractivity contribution is -0.115. The van der Waals surface area contributed by atoms with Crippen molar-refractivity contribution in [1.29, 1.82) is 5.26 Å². The van der Waals surface area contributed by atoms with Gasteiger partial charge in [-0.3, -0.25) is 4.79 Å². The lowest BCUT2D eigenvalue weighted by Gasteiger charge is -2.08. The van der Waals surface area contributed by atoms with Crippen molar-refractivity contribution >= 4 is 34.1 Å². The van der Waals surface area contributed by atoms with Gasteiger partial charge in [0.25, 0.3) is 0 Å². The van der Waals surface area contributed by atoms with Gasteiger partial charge < -0.3 is 5.32 Å². The van der Waals surface area contributed by atoms with E-state index in [1.807, 2.05) is 24.4 Å². The largest absolute Gasteiger partial charge is 0.302 e. The van der Waals surface area contributed by atoms with Crippen LogP contribution in [0.4, 0.5) is 5.13 Å². The van der Waals surface area contributed by atoms with E-state index in [-0.39, 0.29) is 5.91 Å². The number of nitriles is 1. The number of hydrogen-bond donors (Lipinski definition) is 1. The second-order valence-electron chi connectivity index (χ2n) is 5.81. The fourth-order valence-corrected chi connectivity index (χ4v) is 3.68. The summed E-state index contributed by atoms with van der Waals surface area (Å²) in [6.45, 7) is 6.16. The summed E-state index contributed by atoms with van der Waals surface area (Å²) in [4.78, 5) is 20.7. The smallest absolute Gasteiger partial charge is 0.226 e. The highest BCUT2D eigenvalue weighted by Gasteiger charge is 2.10. The molecule has 0 fully saturated rings. The maximum Gasteiger partial charge on any atom is 0.226 e. The van der Waals surface area contributed by atoms with Crippen LogP contribution in [0.2, 0.25) is 0 Å². The number of rotatable bonds is 7. The number of nitrogens with one attached hydrogen (secondary N) is 1. The van der Waals surface area contributed by atoms with Gasteiger partial charge in [0.1, 0.15) is 11.1 Å². The maximum atomic E-state index is 11.9. The minimum absolute atomic E-state index is 0.0753. The molecule has 0 saturated heterocycles. The van der Waals surface area contributed by atoms with Gasteiger partial charge in [0.2, 0.25) is 5.91 Å². The molecule has 0 atom stereocenters. The first-order chi connectivity index (χ1) is 11.5. The average Bonchev–Trinajstić information content (AvgIpc) is 2.92. The molecule has 5 nitrogen and oxygen atoms in total. The molecule has 1 N–H and O–H groups in total. The van der Waals surface area contributed by atoms with Gasteiger partial charge in [-0.1, -0.05) is 13.8 Å². The Morgan fingerprint density at radius 3 is 2.83 bits per heavy atom. The third-order valence-corrected chi connectivity index (χ3v) is 4.96. The monoisotopic (exact) mass is 360 g/mol. The summed E-state index contributed by atoms with van der Waals surface area (Å²) in [5.74, 6) is 1.01. The molecule has 24 heavy (non-hydrogen) atoms. The zero-order valence-corrected chi connectivity index (χ0v) is 15.6. The Balaban J connectivity index is 1.90. The first kappa shape index (κ1) is 18.4. The normalized spacial score (nSPS) is 10.6. The van der Waals surface area contributed by atoms with Gasteiger partial charge >= 0.3 is 0 Å². The number of thiazole rings is 1. The second kappa shape index (κ2) is 8.81. The van der Waals surface area contributed by atoms with Crippen LogP contribution in [0.15, 0.2) is 22.5 Å². The van der Waals surface area contributed by atoms with E-state index in [1.54, 1.807) is 0 Å². The highest BCUT2D eigenvalue weighted by Crippen LogP contribution is 2.23. The molecule has 2 aromatic heterocycles. The van der Waals surface area contributed by atoms with Gasteiger partial charge in [0, 0.05) is 23.2 Å². The molecule has 1 amide bonds. The Morgan fingerprint density at radius 2 is 2.21 bits per heavy atom. The van der Waals surface area contributed by atoms with Gasteiger partial charge in [-0.15, -0.1) is 23.1 Å². The molecule has 0 aliphatic carbocycles. The van der Waals surface area contributed by atoms with Crippen molar-refractivity contribution in [3.8, 4) is 6.07 Å². The summed E-state index contributed by atoms with van der Waals surface area (Å²) < 4.78 is 0. The standard InChI is InChI=1S/C17H20N4OS2/c1-11(2)8-14-5-4-13(9-18)16(20-14)23-7-6-15(22)21-17-19-12(3)10-24-17/h4-5,10-11H,6-8H2,1-3H3,(H,19,21,22). The fraction of sp³-hybridized carbons (Fsp3) is 0.412. The van der Waals surface area contributed by atoms with Crippen LogP contribution in [0.25, 0.3) is 0 Å². The first-order valence-electron chi connectivity index (χ1n) is 7.72. The summed E-state index contributed by atoms with van der Waals surface area (Å²) in [5.41, 5.74) is 2.44. The number of thioether (sulfide) groups is 1. The third-order valence-electron chi connectivity index (χ3n) is 3.09. The molecule has 0 spiro atoms. The third kappa shape index (κ3) is 5.62. The number of aromatic nitrogens is 2. The van der Waals surface area contributed by atoms with E-state index in [2.05, 4.69) is 35.2 Å². The van der Waals surface area contributed by atoms with Crippen molar-refractivity contribution in [3.63, 3.8) is 0 Å². The topological polar surface area (TPSA) is 78.7 Å². The van der Waals surface area contributed by atoms with Gasteiger partial charge in [0.15, 0.2) is 5.13 Å². The lowest BCUT2D eigenvalue weighted by Crippen LogP contribution is -2.12. The second-order valence-corrected chi connectivity index (χ2v) is 7.75. The van der Waals surface area contributed by atoms with Gasteiger partial charge in [-0.2, -0.15) is 5.26 Å². The molecule has 0 unspecified atom stereocenters. The van der Waals surface area contributed by atoms with Crippen molar-refractivity contribution in [1.82, 2.24) is 9.97 Å². The average molecular weight is 361 g/mol. The Morgan fingerprint density at radius 1 is 1.42 bits per heavy atom. The minimum Gasteiger partial charge on any atom is -0.302 e. The quantitative estimate of drug-likeness (QED) is 0.754. The predicted octanol–water partition coefficient (Wildman–Crippen LogP) is 4.04. The van der Waals surface area contributed by atoms with E-state index >= 15 is 0 Å². The number of hydrogen-bond acceptors (Lipinski definition) is 6. The van der Waals surface area contributed by atoms with Crippen LogP contribution in [-0.4, -0.2) is 21.6 Å². The molecule has 0 aliphatic rings. The highest BCUT2D eigenvalue weighted by molar-refractivity contribution is 7.99. The van der Waals surface area contributed by atoms with E-state index in [9.17, 15) is 10.1 Å². The summed E-state index contributed by atoms with van der Waals surface area (Å²) in [6, 6.07) is 5.88. The van der Waals surface area contributed by atoms with Crippen LogP contribution < -0.4 is 5.32 Å². The Labute approximate surface area is 150 Å². The molecular weight excluding hydrogens is 340 g/mol. The molecule has 2 aromatic rings. The summed E-state index contributed by atoms with van der Waals surface area (Å²) in [7, 11) is 0. The lowest BCUT2D eigenvalue weighted by atomic mass is 10.1. The van der Waals surface area contributed by atoms with Gasteiger partial charge in [-0.25, -0.2) is 9.97 Å². The number of aryl methyl sites for hydroxylation is 1. The number of pyridine rings is 1. The van der Waals surface area contributed by atoms with Crippen molar-refractivity contribution in [3.05, 3.63) is 34.5 Å². The molecule has 0 saturated carbocycles. The summed E-state index contributed by atoms with van der Waals surface area (Å²) >= 11 is 2.86. The zero-order chi connectivity index (χ0) is 17.5. The Kier molecular flexibility index (Phi) is 6.76. The molecule has 0 bridgehead atoms. The minimum atomic E-state index is -0.0753. The van der Waals surface area contributed by atoms with E-state index in [0.29, 0.717) is 33.8 Å². The maximum absolute atomic E-state index is 11.9. The van der Waals surface area contributed by atoms with Crippen molar-refractivity contribution in [2.45, 2.75) is 38.6 Å². The number of carbonyl (C=O) groups excluding carboxylic acids is 1. The molecular formula is C17H20N4OS2. The number of amides is 1. The fourth-order valence-electron chi connectivity index (χ4n) is 2.04. The van der Waals surface area contributed by atoms with Crippen LogP contribution >= 0.6 is 23.1 Å². The molecule has 126 valence electrons. The van der Waals surface area contributed by atoms with Gasteiger partial charge in [-0.05, 0) is 31.4 Å². The molecule has 0 aliphatic heterocycles. The van der Waals surface area contributed by atoms with E-state index in [1.165, 1.54) is 23.1 Å². The molecule has 0 radical (unpaired) electrons. The van der Waals surface area contributed by atoms with Crippen LogP contribution in [0.1, 0.15) is 37.2 Å². The number of anilines is 1. The predicted molar refractivity (Wildman–Crippen MR) is 98.3 cm³/mol. The van der Waals surface area contributed by atoms with Gasteiger partial charge in [0.05, 0.1) is 11.3 Å². The zero-order valence-electron chi connectivity index (χ0n) is 14.0. The van der Waals surface area contributed by atoms with Crippen LogP contribution in [-0.2, 0) is 11.2 Å². The molecule has 2 heterocycles. The first-order valence-corrected chi connectivity index (χ1v) is 9.59. The van der Waals surface area contributed by atoms with E-state index < -0.39 is 0 Å². The van der Waals surface area contributed by atoms with Crippen molar-refractivity contribution in [2.75, 3.05) is 11.1 Å². The number of carbonyl (C=O) groups is 1. The number of nitrogens with zero attached hydrogens (tertiary/aromatic N) is 3. The van der Waals surface area contributed by atoms with Crippen LogP contribution in [0, 0.1) is 24.2 Å². The van der Waals surface area contributed by atoms with Crippen LogP contribution in [0.5, 0.6) is 0 Å². The van der Waals surface area contributed by atoms with E-state index in [4.69, 9.17) is 0 Å². The Hall–Kier alpha value is -1.91. The SMILES string of the molecule is Cc1csc(NC(=O)CCSc2nc(CC(C)C)ccc2C#N)n1. The van der Waals surface area contributed by atoms with Crippen LogP contribution in [0.3, 0.4) is 0 Å². The van der Waals surface area contributed by atoms with Crippen molar-refractivity contribution in [2.24, 2.45) is 5.92 Å². The van der Waals surface area contributed by atoms with Crippen molar-refractivity contribution < 1.29 is 4.79 Å². The highest BCUT2D eigenvalue weighted by atomic mass is 32.2. The van der Waals surface area contributed by atoms with E-state index in [0.717, 1.165) is 17.8 Å². The summed E-state index contributed by atoms with van der Waals surface area (Å²) in [6.07, 6.45) is 1.23. The molecule has 7 heteroatoms. The molecule has 2 rings (SSSR count). The molecule has 0 aromatic carbocycles. The summed E-state index contributed by atoms with van der Waals surface area (Å²) in [5, 5.41) is 15.2.